The molecule has 1 aromatic rings. The van der Waals surface area contributed by atoms with Crippen molar-refractivity contribution in [2.24, 2.45) is 0 Å². The fourth-order valence-corrected chi connectivity index (χ4v) is 5.47. The number of hydrogen-bond acceptors (Lipinski definition) is 4. The third-order valence-corrected chi connectivity index (χ3v) is 7.26. The van der Waals surface area contributed by atoms with Gasteiger partial charge in [-0.15, -0.1) is 11.3 Å². The highest BCUT2D eigenvalue weighted by atomic mass is 32.2. The highest BCUT2D eigenvalue weighted by molar-refractivity contribution is 7.89. The van der Waals surface area contributed by atoms with Gasteiger partial charge in [0.2, 0.25) is 10.0 Å². The predicted octanol–water partition coefficient (Wildman–Crippen LogP) is 2.73. The molecule has 0 saturated heterocycles. The van der Waals surface area contributed by atoms with Gasteiger partial charge in [-0.05, 0) is 30.7 Å². The van der Waals surface area contributed by atoms with E-state index < -0.39 is 10.0 Å². The van der Waals surface area contributed by atoms with Gasteiger partial charge in [-0.3, -0.25) is 0 Å². The maximum Gasteiger partial charge on any atom is 0.244 e. The molecule has 4 nitrogen and oxygen atoms in total. The fraction of sp³-hybridized carbons (Fsp3) is 0.714. The number of nitrogens with one attached hydrogen (secondary N) is 1. The average molecular weight is 316 g/mol. The second-order valence-corrected chi connectivity index (χ2v) is 8.71. The van der Waals surface area contributed by atoms with E-state index in [1.54, 1.807) is 11.4 Å². The molecule has 0 aromatic carbocycles. The van der Waals surface area contributed by atoms with Gasteiger partial charge < -0.3 is 5.32 Å². The number of rotatable bonds is 6. The molecule has 0 aliphatic heterocycles. The molecular weight excluding hydrogens is 292 g/mol. The lowest BCUT2D eigenvalue weighted by Crippen LogP contribution is -2.41. The summed E-state index contributed by atoms with van der Waals surface area (Å²) in [6.07, 6.45) is 3.10. The minimum Gasteiger partial charge on any atom is -0.310 e. The Hall–Kier alpha value is -0.430. The van der Waals surface area contributed by atoms with Crippen LogP contribution in [0.3, 0.4) is 0 Å². The zero-order valence-electron chi connectivity index (χ0n) is 12.6. The Bertz CT molecular complexity index is 560. The van der Waals surface area contributed by atoms with Crippen LogP contribution in [-0.4, -0.2) is 31.9 Å². The maximum atomic E-state index is 12.8. The number of nitrogens with zero attached hydrogens (tertiary/aromatic N) is 1. The summed E-state index contributed by atoms with van der Waals surface area (Å²) >= 11 is 1.53. The molecule has 0 spiro atoms. The molecule has 1 aliphatic carbocycles. The summed E-state index contributed by atoms with van der Waals surface area (Å²) in [6.45, 7) is 6.63. The first-order valence-electron chi connectivity index (χ1n) is 7.12. The number of aryl methyl sites for hydroxylation is 1. The van der Waals surface area contributed by atoms with E-state index >= 15 is 0 Å². The molecule has 1 saturated carbocycles. The summed E-state index contributed by atoms with van der Waals surface area (Å²) in [4.78, 5) is 1.44. The van der Waals surface area contributed by atoms with E-state index in [0.29, 0.717) is 17.5 Å². The Labute approximate surface area is 126 Å². The van der Waals surface area contributed by atoms with Gasteiger partial charge in [0.05, 0.1) is 0 Å². The highest BCUT2D eigenvalue weighted by Gasteiger charge is 2.34. The van der Waals surface area contributed by atoms with Gasteiger partial charge in [-0.2, -0.15) is 4.31 Å². The predicted molar refractivity (Wildman–Crippen MR) is 83.6 cm³/mol. The summed E-state index contributed by atoms with van der Waals surface area (Å²) in [5.74, 6) is 0. The summed E-state index contributed by atoms with van der Waals surface area (Å²) in [5.41, 5.74) is 0.863. The van der Waals surface area contributed by atoms with E-state index in [4.69, 9.17) is 0 Å². The zero-order chi connectivity index (χ0) is 14.9. The monoisotopic (exact) mass is 316 g/mol. The number of hydrogen-bond donors (Lipinski definition) is 1. The zero-order valence-corrected chi connectivity index (χ0v) is 14.3. The molecule has 0 radical (unpaired) electrons. The Kier molecular flexibility index (Phi) is 4.89. The van der Waals surface area contributed by atoms with E-state index in [-0.39, 0.29) is 6.04 Å². The van der Waals surface area contributed by atoms with Crippen molar-refractivity contribution in [2.75, 3.05) is 7.05 Å². The smallest absolute Gasteiger partial charge is 0.244 e. The van der Waals surface area contributed by atoms with Crippen molar-refractivity contribution in [1.29, 1.82) is 0 Å². The largest absolute Gasteiger partial charge is 0.310 e. The maximum absolute atomic E-state index is 12.8. The van der Waals surface area contributed by atoms with Gasteiger partial charge in [0.15, 0.2) is 0 Å². The van der Waals surface area contributed by atoms with Crippen LogP contribution < -0.4 is 5.32 Å². The van der Waals surface area contributed by atoms with Crippen LogP contribution >= 0.6 is 11.3 Å². The van der Waals surface area contributed by atoms with Gasteiger partial charge >= 0.3 is 0 Å². The lowest BCUT2D eigenvalue weighted by atomic mass is 9.94. The lowest BCUT2D eigenvalue weighted by molar-refractivity contribution is 0.249. The van der Waals surface area contributed by atoms with Crippen molar-refractivity contribution in [3.63, 3.8) is 0 Å². The first-order valence-corrected chi connectivity index (χ1v) is 9.44. The normalized spacial score (nSPS) is 16.9. The first-order chi connectivity index (χ1) is 9.34. The van der Waals surface area contributed by atoms with Crippen LogP contribution in [0.2, 0.25) is 0 Å². The topological polar surface area (TPSA) is 49.4 Å². The third kappa shape index (κ3) is 3.08. The van der Waals surface area contributed by atoms with Crippen molar-refractivity contribution in [3.05, 3.63) is 15.8 Å². The van der Waals surface area contributed by atoms with E-state index in [9.17, 15) is 8.42 Å². The molecule has 114 valence electrons. The Morgan fingerprint density at radius 3 is 2.60 bits per heavy atom. The van der Waals surface area contributed by atoms with Crippen molar-refractivity contribution in [1.82, 2.24) is 9.62 Å². The van der Waals surface area contributed by atoms with E-state index in [1.165, 1.54) is 11.3 Å². The van der Waals surface area contributed by atoms with Gasteiger partial charge in [-0.1, -0.05) is 20.3 Å². The SMILES string of the molecule is Cc1csc(CNC(C)C)c1S(=O)(=O)N(C)C1CCC1. The molecule has 1 aliphatic rings. The van der Waals surface area contributed by atoms with Crippen molar-refractivity contribution in [3.8, 4) is 0 Å². The molecule has 0 amide bonds. The van der Waals surface area contributed by atoms with Gasteiger partial charge in [0, 0.05) is 30.6 Å². The minimum absolute atomic E-state index is 0.185. The molecule has 0 bridgehead atoms. The van der Waals surface area contributed by atoms with Crippen molar-refractivity contribution >= 4 is 21.4 Å². The lowest BCUT2D eigenvalue weighted by Gasteiger charge is -2.34. The van der Waals surface area contributed by atoms with Crippen LogP contribution in [0.4, 0.5) is 0 Å². The molecule has 0 atom stereocenters. The van der Waals surface area contributed by atoms with E-state index in [0.717, 1.165) is 29.7 Å². The fourth-order valence-electron chi connectivity index (χ4n) is 2.34. The Morgan fingerprint density at radius 2 is 2.10 bits per heavy atom. The molecule has 1 heterocycles. The second kappa shape index (κ2) is 6.13. The Balaban J connectivity index is 2.28. The third-order valence-electron chi connectivity index (χ3n) is 3.89. The number of thiophene rings is 1. The van der Waals surface area contributed by atoms with Gasteiger partial charge in [0.1, 0.15) is 4.90 Å². The van der Waals surface area contributed by atoms with Gasteiger partial charge in [-0.25, -0.2) is 8.42 Å². The number of sulfonamides is 1. The molecule has 6 heteroatoms. The van der Waals surface area contributed by atoms with Crippen LogP contribution in [0.1, 0.15) is 43.6 Å². The minimum atomic E-state index is -3.36. The van der Waals surface area contributed by atoms with Crippen molar-refractivity contribution < 1.29 is 8.42 Å². The molecule has 20 heavy (non-hydrogen) atoms. The molecule has 1 fully saturated rings. The van der Waals surface area contributed by atoms with E-state index in [2.05, 4.69) is 19.2 Å². The van der Waals surface area contributed by atoms with Crippen LogP contribution in [0, 0.1) is 6.92 Å². The van der Waals surface area contributed by atoms with Crippen LogP contribution in [0.5, 0.6) is 0 Å². The Morgan fingerprint density at radius 1 is 1.45 bits per heavy atom. The standard InChI is InChI=1S/C14H24N2O2S2/c1-10(2)15-8-13-14(11(3)9-19-13)20(17,18)16(4)12-6-5-7-12/h9-10,12,15H,5-8H2,1-4H3. The summed E-state index contributed by atoms with van der Waals surface area (Å²) in [6, 6.07) is 0.530. The first kappa shape index (κ1) is 15.9. The molecule has 2 rings (SSSR count). The second-order valence-electron chi connectivity index (χ2n) is 5.81. The average Bonchev–Trinajstić information content (AvgIpc) is 2.66. The van der Waals surface area contributed by atoms with Gasteiger partial charge in [0.25, 0.3) is 0 Å². The molecule has 1 aromatic heterocycles. The van der Waals surface area contributed by atoms with Crippen molar-refractivity contribution in [2.45, 2.75) is 63.6 Å². The van der Waals surface area contributed by atoms with Crippen LogP contribution in [0.15, 0.2) is 10.3 Å². The highest BCUT2D eigenvalue weighted by Crippen LogP contribution is 2.33. The molecule has 1 N–H and O–H groups in total. The van der Waals surface area contributed by atoms with Crippen LogP contribution in [-0.2, 0) is 16.6 Å². The quantitative estimate of drug-likeness (QED) is 0.878. The van der Waals surface area contributed by atoms with Crippen LogP contribution in [0.25, 0.3) is 0 Å². The van der Waals surface area contributed by atoms with E-state index in [1.807, 2.05) is 12.3 Å². The molecular formula is C14H24N2O2S2. The molecule has 0 unspecified atom stereocenters. The summed E-state index contributed by atoms with van der Waals surface area (Å²) in [5, 5.41) is 5.25. The summed E-state index contributed by atoms with van der Waals surface area (Å²) < 4.78 is 27.2. The summed E-state index contributed by atoms with van der Waals surface area (Å²) in [7, 11) is -1.64.